The first-order valence-electron chi connectivity index (χ1n) is 7.45. The molecule has 118 valence electrons. The molecule has 1 aromatic heterocycles. The highest BCUT2D eigenvalue weighted by atomic mass is 35.5. The van der Waals surface area contributed by atoms with E-state index in [0.29, 0.717) is 11.6 Å². The molecule has 0 amide bonds. The quantitative estimate of drug-likeness (QED) is 0.730. The second kappa shape index (κ2) is 7.42. The third kappa shape index (κ3) is 3.99. The van der Waals surface area contributed by atoms with Gasteiger partial charge in [0, 0.05) is 23.3 Å². The van der Waals surface area contributed by atoms with E-state index in [-0.39, 0.29) is 12.6 Å². The molecule has 0 radical (unpaired) electrons. The fourth-order valence-corrected chi connectivity index (χ4v) is 2.52. The van der Waals surface area contributed by atoms with Gasteiger partial charge in [0.15, 0.2) is 0 Å². The Hall–Kier alpha value is -2.14. The van der Waals surface area contributed by atoms with Crippen LogP contribution in [-0.4, -0.2) is 21.5 Å². The Morgan fingerprint density at radius 3 is 2.52 bits per heavy atom. The first-order chi connectivity index (χ1) is 11.3. The zero-order chi connectivity index (χ0) is 16.1. The maximum atomic E-state index is 9.59. The summed E-state index contributed by atoms with van der Waals surface area (Å²) in [6.45, 7) is 0.648. The SMILES string of the molecule is OCC(NCc1cnn(-c2ccccc2)c1)c1ccc(Cl)cc1. The van der Waals surface area contributed by atoms with Crippen molar-refractivity contribution in [3.63, 3.8) is 0 Å². The van der Waals surface area contributed by atoms with E-state index in [2.05, 4.69) is 10.4 Å². The molecule has 0 saturated heterocycles. The molecule has 0 aliphatic heterocycles. The van der Waals surface area contributed by atoms with Crippen molar-refractivity contribution in [1.82, 2.24) is 15.1 Å². The minimum atomic E-state index is -0.132. The van der Waals surface area contributed by atoms with Crippen LogP contribution in [0, 0.1) is 0 Å². The van der Waals surface area contributed by atoms with Crippen molar-refractivity contribution in [2.75, 3.05) is 6.61 Å². The zero-order valence-electron chi connectivity index (χ0n) is 12.6. The monoisotopic (exact) mass is 327 g/mol. The van der Waals surface area contributed by atoms with Crippen molar-refractivity contribution >= 4 is 11.6 Å². The molecule has 3 aromatic rings. The number of aromatic nitrogens is 2. The molecule has 0 spiro atoms. The highest BCUT2D eigenvalue weighted by molar-refractivity contribution is 6.30. The molecule has 4 nitrogen and oxygen atoms in total. The molecule has 0 bridgehead atoms. The summed E-state index contributed by atoms with van der Waals surface area (Å²) in [5.74, 6) is 0. The lowest BCUT2D eigenvalue weighted by atomic mass is 10.1. The maximum Gasteiger partial charge on any atom is 0.0645 e. The normalized spacial score (nSPS) is 12.3. The number of nitrogens with one attached hydrogen (secondary N) is 1. The van der Waals surface area contributed by atoms with Gasteiger partial charge in [0.25, 0.3) is 0 Å². The highest BCUT2D eigenvalue weighted by Gasteiger charge is 2.10. The predicted octanol–water partition coefficient (Wildman–Crippen LogP) is 3.35. The van der Waals surface area contributed by atoms with Crippen molar-refractivity contribution < 1.29 is 5.11 Å². The smallest absolute Gasteiger partial charge is 0.0645 e. The molecule has 2 N–H and O–H groups in total. The van der Waals surface area contributed by atoms with Gasteiger partial charge in [0.2, 0.25) is 0 Å². The van der Waals surface area contributed by atoms with Gasteiger partial charge in [-0.25, -0.2) is 4.68 Å². The van der Waals surface area contributed by atoms with Crippen molar-refractivity contribution in [2.24, 2.45) is 0 Å². The molecule has 0 aliphatic carbocycles. The van der Waals surface area contributed by atoms with Crippen LogP contribution in [0.15, 0.2) is 67.0 Å². The number of aliphatic hydroxyl groups is 1. The lowest BCUT2D eigenvalue weighted by Crippen LogP contribution is -2.23. The van der Waals surface area contributed by atoms with E-state index >= 15 is 0 Å². The van der Waals surface area contributed by atoms with Gasteiger partial charge in [0.05, 0.1) is 24.5 Å². The van der Waals surface area contributed by atoms with E-state index in [1.54, 1.807) is 0 Å². The Labute approximate surface area is 140 Å². The third-order valence-corrected chi connectivity index (χ3v) is 3.92. The van der Waals surface area contributed by atoms with Crippen LogP contribution in [-0.2, 0) is 6.54 Å². The van der Waals surface area contributed by atoms with E-state index in [1.807, 2.05) is 71.7 Å². The molecule has 2 aromatic carbocycles. The standard InChI is InChI=1S/C18H18ClN3O/c19-16-8-6-15(7-9-16)18(13-23)20-10-14-11-21-22(12-14)17-4-2-1-3-5-17/h1-9,11-12,18,20,23H,10,13H2. The van der Waals surface area contributed by atoms with Crippen molar-refractivity contribution in [3.05, 3.63) is 83.1 Å². The van der Waals surface area contributed by atoms with E-state index in [4.69, 9.17) is 11.6 Å². The molecule has 0 fully saturated rings. The Morgan fingerprint density at radius 1 is 1.09 bits per heavy atom. The van der Waals surface area contributed by atoms with Gasteiger partial charge in [-0.2, -0.15) is 5.10 Å². The van der Waals surface area contributed by atoms with E-state index in [9.17, 15) is 5.11 Å². The zero-order valence-corrected chi connectivity index (χ0v) is 13.3. The summed E-state index contributed by atoms with van der Waals surface area (Å²) in [7, 11) is 0. The number of rotatable bonds is 6. The molecular weight excluding hydrogens is 310 g/mol. The van der Waals surface area contributed by atoms with Gasteiger partial charge in [-0.1, -0.05) is 41.9 Å². The van der Waals surface area contributed by atoms with E-state index < -0.39 is 0 Å². The molecule has 23 heavy (non-hydrogen) atoms. The number of benzene rings is 2. The number of aliphatic hydroxyl groups excluding tert-OH is 1. The topological polar surface area (TPSA) is 50.1 Å². The molecule has 1 atom stereocenters. The summed E-state index contributed by atoms with van der Waals surface area (Å²) in [4.78, 5) is 0. The van der Waals surface area contributed by atoms with Crippen LogP contribution in [0.4, 0.5) is 0 Å². The maximum absolute atomic E-state index is 9.59. The van der Waals surface area contributed by atoms with Crippen LogP contribution in [0.2, 0.25) is 5.02 Å². The van der Waals surface area contributed by atoms with Crippen LogP contribution in [0.3, 0.4) is 0 Å². The van der Waals surface area contributed by atoms with Gasteiger partial charge < -0.3 is 10.4 Å². The number of hydrogen-bond acceptors (Lipinski definition) is 3. The Balaban J connectivity index is 1.65. The Kier molecular flexibility index (Phi) is 5.08. The van der Waals surface area contributed by atoms with Crippen LogP contribution in [0.5, 0.6) is 0 Å². The molecule has 3 rings (SSSR count). The predicted molar refractivity (Wildman–Crippen MR) is 91.7 cm³/mol. The van der Waals surface area contributed by atoms with Crippen molar-refractivity contribution in [3.8, 4) is 5.69 Å². The average molecular weight is 328 g/mol. The highest BCUT2D eigenvalue weighted by Crippen LogP contribution is 2.17. The van der Waals surface area contributed by atoms with Crippen LogP contribution >= 0.6 is 11.6 Å². The van der Waals surface area contributed by atoms with Gasteiger partial charge in [-0.15, -0.1) is 0 Å². The fourth-order valence-electron chi connectivity index (χ4n) is 2.40. The van der Waals surface area contributed by atoms with E-state index in [1.165, 1.54) is 0 Å². The molecule has 1 heterocycles. The average Bonchev–Trinajstić information content (AvgIpc) is 3.07. The minimum Gasteiger partial charge on any atom is -0.394 e. The summed E-state index contributed by atoms with van der Waals surface area (Å²) in [5, 5.41) is 18.0. The third-order valence-electron chi connectivity index (χ3n) is 3.66. The van der Waals surface area contributed by atoms with Gasteiger partial charge >= 0.3 is 0 Å². The van der Waals surface area contributed by atoms with Gasteiger partial charge in [-0.3, -0.25) is 0 Å². The van der Waals surface area contributed by atoms with Crippen LogP contribution in [0.1, 0.15) is 17.2 Å². The number of para-hydroxylation sites is 1. The van der Waals surface area contributed by atoms with Crippen molar-refractivity contribution in [1.29, 1.82) is 0 Å². The Bertz CT molecular complexity index is 740. The summed E-state index contributed by atoms with van der Waals surface area (Å²) in [5.41, 5.74) is 3.09. The summed E-state index contributed by atoms with van der Waals surface area (Å²) in [6, 6.07) is 17.3. The minimum absolute atomic E-state index is 0.0223. The first kappa shape index (κ1) is 15.7. The van der Waals surface area contributed by atoms with Gasteiger partial charge in [-0.05, 0) is 29.8 Å². The molecule has 0 aliphatic rings. The van der Waals surface area contributed by atoms with Gasteiger partial charge in [0.1, 0.15) is 0 Å². The number of nitrogens with zero attached hydrogens (tertiary/aromatic N) is 2. The number of halogens is 1. The largest absolute Gasteiger partial charge is 0.394 e. The summed E-state index contributed by atoms with van der Waals surface area (Å²) >= 11 is 5.90. The second-order valence-electron chi connectivity index (χ2n) is 5.30. The van der Waals surface area contributed by atoms with Crippen LogP contribution in [0.25, 0.3) is 5.69 Å². The lowest BCUT2D eigenvalue weighted by Gasteiger charge is -2.16. The molecular formula is C18H18ClN3O. The van der Waals surface area contributed by atoms with E-state index in [0.717, 1.165) is 16.8 Å². The number of hydrogen-bond donors (Lipinski definition) is 2. The molecule has 5 heteroatoms. The fraction of sp³-hybridized carbons (Fsp3) is 0.167. The van der Waals surface area contributed by atoms with Crippen LogP contribution < -0.4 is 5.32 Å². The summed E-state index contributed by atoms with van der Waals surface area (Å²) < 4.78 is 1.84. The van der Waals surface area contributed by atoms with Crippen molar-refractivity contribution in [2.45, 2.75) is 12.6 Å². The first-order valence-corrected chi connectivity index (χ1v) is 7.83. The summed E-state index contributed by atoms with van der Waals surface area (Å²) in [6.07, 6.45) is 3.81. The molecule has 1 unspecified atom stereocenters. The Morgan fingerprint density at radius 2 is 1.83 bits per heavy atom. The molecule has 0 saturated carbocycles. The lowest BCUT2D eigenvalue weighted by molar-refractivity contribution is 0.243. The second-order valence-corrected chi connectivity index (χ2v) is 5.73.